The number of benzene rings is 2. The van der Waals surface area contributed by atoms with Crippen LogP contribution in [0.4, 0.5) is 0 Å². The first-order valence-electron chi connectivity index (χ1n) is 9.18. The van der Waals surface area contributed by atoms with Crippen molar-refractivity contribution >= 4 is 40.2 Å². The molecule has 30 heavy (non-hydrogen) atoms. The Labute approximate surface area is 175 Å². The molecular formula is C20H16ClN5O4. The Morgan fingerprint density at radius 2 is 2.03 bits per heavy atom. The van der Waals surface area contributed by atoms with E-state index in [0.29, 0.717) is 21.7 Å². The number of amides is 3. The Hall–Kier alpha value is -3.59. The van der Waals surface area contributed by atoms with Gasteiger partial charge >= 0.3 is 0 Å². The number of rotatable bonds is 4. The molecule has 1 unspecified atom stereocenters. The molecule has 1 aromatic heterocycles. The van der Waals surface area contributed by atoms with E-state index in [9.17, 15) is 19.2 Å². The normalized spacial score (nSPS) is 16.4. The van der Waals surface area contributed by atoms with Crippen LogP contribution >= 0.6 is 11.6 Å². The molecule has 1 aliphatic heterocycles. The van der Waals surface area contributed by atoms with Gasteiger partial charge < -0.3 is 5.32 Å². The van der Waals surface area contributed by atoms with Gasteiger partial charge in [-0.15, -0.1) is 5.10 Å². The molecule has 4 rings (SSSR count). The molecule has 1 saturated heterocycles. The molecule has 3 aromatic rings. The van der Waals surface area contributed by atoms with E-state index in [1.54, 1.807) is 42.5 Å². The molecule has 152 valence electrons. The average Bonchev–Trinajstić information content (AvgIpc) is 2.73. The molecule has 9 nitrogen and oxygen atoms in total. The van der Waals surface area contributed by atoms with Gasteiger partial charge in [0.25, 0.3) is 17.4 Å². The van der Waals surface area contributed by atoms with Crippen LogP contribution in [0.5, 0.6) is 0 Å². The number of piperidine rings is 1. The summed E-state index contributed by atoms with van der Waals surface area (Å²) < 4.78 is 0.998. The van der Waals surface area contributed by atoms with Gasteiger partial charge in [0.05, 0.1) is 5.39 Å². The molecular weight excluding hydrogens is 410 g/mol. The van der Waals surface area contributed by atoms with E-state index in [1.165, 1.54) is 0 Å². The van der Waals surface area contributed by atoms with Crippen LogP contribution in [0, 0.1) is 0 Å². The zero-order valence-corrected chi connectivity index (χ0v) is 16.3. The van der Waals surface area contributed by atoms with Gasteiger partial charge in [-0.05, 0) is 42.3 Å². The molecule has 10 heteroatoms. The Kier molecular flexibility index (Phi) is 5.28. The van der Waals surface area contributed by atoms with Crippen LogP contribution in [-0.2, 0) is 16.1 Å². The molecule has 2 heterocycles. The van der Waals surface area contributed by atoms with E-state index < -0.39 is 17.5 Å². The number of imide groups is 1. The van der Waals surface area contributed by atoms with Crippen molar-refractivity contribution in [2.45, 2.75) is 25.4 Å². The van der Waals surface area contributed by atoms with Crippen LogP contribution in [0.3, 0.4) is 0 Å². The molecule has 0 spiro atoms. The van der Waals surface area contributed by atoms with Crippen molar-refractivity contribution in [2.24, 2.45) is 0 Å². The summed E-state index contributed by atoms with van der Waals surface area (Å²) in [5.74, 6) is -1.26. The van der Waals surface area contributed by atoms with Gasteiger partial charge in [-0.25, -0.2) is 0 Å². The quantitative estimate of drug-likeness (QED) is 0.608. The third-order valence-corrected chi connectivity index (χ3v) is 5.03. The predicted molar refractivity (Wildman–Crippen MR) is 108 cm³/mol. The molecule has 1 aliphatic rings. The summed E-state index contributed by atoms with van der Waals surface area (Å²) in [4.78, 5) is 48.6. The van der Waals surface area contributed by atoms with Gasteiger partial charge in [0.2, 0.25) is 5.91 Å². The monoisotopic (exact) mass is 425 g/mol. The summed E-state index contributed by atoms with van der Waals surface area (Å²) in [6.07, 6.45) is 0.304. The Bertz CT molecular complexity index is 1240. The van der Waals surface area contributed by atoms with Gasteiger partial charge in [0.1, 0.15) is 11.6 Å². The largest absolute Gasteiger partial charge is 0.348 e. The summed E-state index contributed by atoms with van der Waals surface area (Å²) in [6.45, 7) is 0.182. The van der Waals surface area contributed by atoms with E-state index in [0.717, 1.165) is 4.68 Å². The lowest BCUT2D eigenvalue weighted by molar-refractivity contribution is -0.136. The van der Waals surface area contributed by atoms with Gasteiger partial charge in [0.15, 0.2) is 0 Å². The summed E-state index contributed by atoms with van der Waals surface area (Å²) in [7, 11) is 0. The first-order chi connectivity index (χ1) is 14.4. The second-order valence-corrected chi connectivity index (χ2v) is 7.29. The molecule has 1 atom stereocenters. The highest BCUT2D eigenvalue weighted by molar-refractivity contribution is 6.30. The maximum Gasteiger partial charge on any atom is 0.278 e. The first kappa shape index (κ1) is 19.7. The van der Waals surface area contributed by atoms with Gasteiger partial charge in [-0.3, -0.25) is 24.5 Å². The van der Waals surface area contributed by atoms with E-state index in [-0.39, 0.29) is 36.6 Å². The third-order valence-electron chi connectivity index (χ3n) is 4.79. The zero-order valence-electron chi connectivity index (χ0n) is 15.6. The minimum absolute atomic E-state index is 0.123. The maximum atomic E-state index is 12.9. The molecule has 0 bridgehead atoms. The fraction of sp³-hybridized carbons (Fsp3) is 0.200. The van der Waals surface area contributed by atoms with E-state index >= 15 is 0 Å². The van der Waals surface area contributed by atoms with Gasteiger partial charge in [-0.2, -0.15) is 4.68 Å². The smallest absolute Gasteiger partial charge is 0.278 e. The molecule has 0 radical (unpaired) electrons. The fourth-order valence-corrected chi connectivity index (χ4v) is 3.44. The van der Waals surface area contributed by atoms with E-state index in [1.807, 2.05) is 0 Å². The van der Waals surface area contributed by atoms with Crippen LogP contribution in [0.1, 0.15) is 34.8 Å². The van der Waals surface area contributed by atoms with Crippen molar-refractivity contribution in [2.75, 3.05) is 0 Å². The highest BCUT2D eigenvalue weighted by Crippen LogP contribution is 2.17. The lowest BCUT2D eigenvalue weighted by Gasteiger charge is -2.21. The molecule has 0 saturated carbocycles. The molecule has 3 amide bonds. The lowest BCUT2D eigenvalue weighted by atomic mass is 10.1. The summed E-state index contributed by atoms with van der Waals surface area (Å²) in [5, 5.41) is 13.6. The standard InChI is InChI=1S/C20H16ClN5O4/c21-13-3-1-2-12(9-13)18(28)22-10-11-4-5-15-14(8-11)20(30)26(25-24-15)16-6-7-17(27)23-19(16)29/h1-5,8-9,16H,6-7,10H2,(H,22,28)(H,23,27,29). The summed E-state index contributed by atoms with van der Waals surface area (Å²) >= 11 is 5.91. The van der Waals surface area contributed by atoms with Crippen LogP contribution in [0.2, 0.25) is 5.02 Å². The lowest BCUT2D eigenvalue weighted by Crippen LogP contribution is -2.45. The highest BCUT2D eigenvalue weighted by Gasteiger charge is 2.30. The second kappa shape index (κ2) is 8.03. The molecule has 1 fully saturated rings. The maximum absolute atomic E-state index is 12.9. The number of aromatic nitrogens is 3. The Morgan fingerprint density at radius 3 is 2.80 bits per heavy atom. The van der Waals surface area contributed by atoms with Crippen molar-refractivity contribution in [1.29, 1.82) is 0 Å². The summed E-state index contributed by atoms with van der Waals surface area (Å²) in [5.41, 5.74) is 0.984. The number of halogens is 1. The van der Waals surface area contributed by atoms with Crippen molar-refractivity contribution in [3.05, 3.63) is 69.0 Å². The number of fused-ring (bicyclic) bond motifs is 1. The van der Waals surface area contributed by atoms with Crippen LogP contribution in [0.15, 0.2) is 47.3 Å². The number of hydrogen-bond acceptors (Lipinski definition) is 6. The number of carbonyl (C=O) groups is 3. The Morgan fingerprint density at radius 1 is 1.20 bits per heavy atom. The second-order valence-electron chi connectivity index (χ2n) is 6.85. The van der Waals surface area contributed by atoms with Crippen LogP contribution in [0.25, 0.3) is 10.9 Å². The minimum atomic E-state index is -0.890. The minimum Gasteiger partial charge on any atom is -0.348 e. The topological polar surface area (TPSA) is 123 Å². The van der Waals surface area contributed by atoms with Crippen molar-refractivity contribution in [3.63, 3.8) is 0 Å². The fourth-order valence-electron chi connectivity index (χ4n) is 3.25. The number of nitrogens with one attached hydrogen (secondary N) is 2. The average molecular weight is 426 g/mol. The van der Waals surface area contributed by atoms with Crippen LogP contribution < -0.4 is 16.2 Å². The molecule has 2 N–H and O–H groups in total. The van der Waals surface area contributed by atoms with Crippen molar-refractivity contribution in [3.8, 4) is 0 Å². The van der Waals surface area contributed by atoms with Gasteiger partial charge in [0, 0.05) is 23.6 Å². The van der Waals surface area contributed by atoms with Crippen molar-refractivity contribution < 1.29 is 14.4 Å². The number of carbonyl (C=O) groups excluding carboxylic acids is 3. The molecule has 0 aliphatic carbocycles. The van der Waals surface area contributed by atoms with Gasteiger partial charge in [-0.1, -0.05) is 28.9 Å². The SMILES string of the molecule is O=C1CCC(n2nnc3ccc(CNC(=O)c4cccc(Cl)c4)cc3c2=O)C(=O)N1. The summed E-state index contributed by atoms with van der Waals surface area (Å²) in [6, 6.07) is 10.6. The number of nitrogens with zero attached hydrogens (tertiary/aromatic N) is 3. The number of hydrogen-bond donors (Lipinski definition) is 2. The zero-order chi connectivity index (χ0) is 21.3. The predicted octanol–water partition coefficient (Wildman–Crippen LogP) is 1.35. The van der Waals surface area contributed by atoms with E-state index in [2.05, 4.69) is 20.9 Å². The van der Waals surface area contributed by atoms with E-state index in [4.69, 9.17) is 11.6 Å². The van der Waals surface area contributed by atoms with Crippen LogP contribution in [-0.4, -0.2) is 32.7 Å². The first-order valence-corrected chi connectivity index (χ1v) is 9.56. The Balaban J connectivity index is 1.58. The third kappa shape index (κ3) is 3.92. The molecule has 2 aromatic carbocycles. The van der Waals surface area contributed by atoms with Crippen molar-refractivity contribution in [1.82, 2.24) is 25.6 Å². The highest BCUT2D eigenvalue weighted by atomic mass is 35.5.